The summed E-state index contributed by atoms with van der Waals surface area (Å²) in [6, 6.07) is 2.45. The maximum absolute atomic E-state index is 14.7. The molecule has 4 aliphatic heterocycles. The lowest BCUT2D eigenvalue weighted by molar-refractivity contribution is -0.164. The zero-order valence-electron chi connectivity index (χ0n) is 33.0. The number of hydrogen-bond acceptors (Lipinski definition) is 9. The number of carbonyl (C=O) groups excluding carboxylic acids is 7. The summed E-state index contributed by atoms with van der Waals surface area (Å²) in [6.45, 7) is 6.95. The predicted molar refractivity (Wildman–Crippen MR) is 202 cm³/mol. The minimum atomic E-state index is -1.62. The van der Waals surface area contributed by atoms with Crippen molar-refractivity contribution >= 4 is 41.4 Å². The van der Waals surface area contributed by atoms with Crippen molar-refractivity contribution < 1.29 is 51.8 Å². The second kappa shape index (κ2) is 18.0. The van der Waals surface area contributed by atoms with Crippen LogP contribution in [0.4, 0.5) is 8.78 Å². The monoisotopic (exact) mass is 808 g/mol. The molecule has 6 rings (SSSR count). The van der Waals surface area contributed by atoms with E-state index in [1.807, 2.05) is 26.0 Å². The lowest BCUT2D eigenvalue weighted by atomic mass is 10.0. The number of nitrogens with one attached hydrogen (secondary N) is 3. The standard InChI is InChI=1S/C41H50F2N6O9/c1-22-7-9-26(10-8-22)18-34(50)45-30(17-27-15-28(42)19-29(43)16-27)36(51)46-35-25(4)58-41(56)32-14-23(2)20-49(32)38(53)24(3)44-37(52)33-21-57-13-12-48(33)39(54)31-6-5-11-47(31)40(35)55/h7-10,15-16,19,23-25,30-33,35H,5-6,11-14,17-18,20-21H2,1-4H3,(H,44,52)(H,45,50)(H,46,51)/t23-,24+,25+,30+,31?,32?,33?,35+/m1/s1. The van der Waals surface area contributed by atoms with Crippen LogP contribution in [0.15, 0.2) is 42.5 Å². The molecule has 4 fully saturated rings. The summed E-state index contributed by atoms with van der Waals surface area (Å²) < 4.78 is 40.1. The van der Waals surface area contributed by atoms with E-state index in [1.54, 1.807) is 12.1 Å². The summed E-state index contributed by atoms with van der Waals surface area (Å²) in [5, 5.41) is 7.97. The summed E-state index contributed by atoms with van der Waals surface area (Å²) in [5.41, 5.74) is 1.65. The van der Waals surface area contributed by atoms with Crippen molar-refractivity contribution in [3.05, 3.63) is 70.8 Å². The van der Waals surface area contributed by atoms with E-state index in [9.17, 15) is 42.3 Å². The number of fused-ring (bicyclic) bond motifs is 3. The Morgan fingerprint density at radius 1 is 0.862 bits per heavy atom. The van der Waals surface area contributed by atoms with Crippen LogP contribution in [0.1, 0.15) is 56.7 Å². The van der Waals surface area contributed by atoms with Crippen LogP contribution in [-0.2, 0) is 55.9 Å². The highest BCUT2D eigenvalue weighted by atomic mass is 19.1. The summed E-state index contributed by atoms with van der Waals surface area (Å²) in [6.07, 6.45) is -1.02. The molecular formula is C41H50F2N6O9. The second-order valence-electron chi connectivity index (χ2n) is 15.8. The highest BCUT2D eigenvalue weighted by Gasteiger charge is 2.47. The van der Waals surface area contributed by atoms with E-state index in [1.165, 1.54) is 28.5 Å². The molecule has 312 valence electrons. The highest BCUT2D eigenvalue weighted by molar-refractivity contribution is 5.98. The Labute approximate surface area is 335 Å². The first-order chi connectivity index (χ1) is 27.6. The number of morpholine rings is 1. The van der Waals surface area contributed by atoms with Gasteiger partial charge in [-0.1, -0.05) is 36.8 Å². The number of amides is 6. The predicted octanol–water partition coefficient (Wildman–Crippen LogP) is 0.933. The third-order valence-corrected chi connectivity index (χ3v) is 11.2. The quantitative estimate of drug-likeness (QED) is 0.343. The molecule has 58 heavy (non-hydrogen) atoms. The minimum absolute atomic E-state index is 0.0423. The van der Waals surface area contributed by atoms with E-state index in [-0.39, 0.29) is 70.0 Å². The number of carbonyl (C=O) groups is 7. The van der Waals surface area contributed by atoms with Gasteiger partial charge in [-0.15, -0.1) is 0 Å². The summed E-state index contributed by atoms with van der Waals surface area (Å²) >= 11 is 0. The molecule has 0 bridgehead atoms. The first kappa shape index (κ1) is 42.2. The molecule has 3 N–H and O–H groups in total. The van der Waals surface area contributed by atoms with Crippen LogP contribution in [0, 0.1) is 24.5 Å². The van der Waals surface area contributed by atoms with Crippen LogP contribution in [0.25, 0.3) is 0 Å². The van der Waals surface area contributed by atoms with Crippen molar-refractivity contribution in [3.8, 4) is 0 Å². The van der Waals surface area contributed by atoms with Crippen molar-refractivity contribution in [2.24, 2.45) is 5.92 Å². The number of ether oxygens (including phenoxy) is 2. The Morgan fingerprint density at radius 2 is 1.55 bits per heavy atom. The number of aryl methyl sites for hydroxylation is 1. The lowest BCUT2D eigenvalue weighted by Crippen LogP contribution is -2.64. The maximum atomic E-state index is 14.7. The molecule has 0 spiro atoms. The van der Waals surface area contributed by atoms with Gasteiger partial charge in [0.05, 0.1) is 19.6 Å². The second-order valence-corrected chi connectivity index (χ2v) is 15.8. The molecule has 15 nitrogen and oxygen atoms in total. The number of halogens is 2. The van der Waals surface area contributed by atoms with Gasteiger partial charge in [-0.2, -0.15) is 0 Å². The Bertz CT molecular complexity index is 1910. The van der Waals surface area contributed by atoms with Gasteiger partial charge in [0.2, 0.25) is 35.4 Å². The van der Waals surface area contributed by atoms with Crippen LogP contribution in [0.5, 0.6) is 0 Å². The summed E-state index contributed by atoms with van der Waals surface area (Å²) in [4.78, 5) is 102. The van der Waals surface area contributed by atoms with Gasteiger partial charge in [-0.25, -0.2) is 13.6 Å². The van der Waals surface area contributed by atoms with Gasteiger partial charge in [-0.3, -0.25) is 28.8 Å². The molecule has 4 heterocycles. The number of esters is 1. The van der Waals surface area contributed by atoms with Gasteiger partial charge in [0.25, 0.3) is 0 Å². The summed E-state index contributed by atoms with van der Waals surface area (Å²) in [7, 11) is 0. The molecule has 8 atom stereocenters. The van der Waals surface area contributed by atoms with E-state index < -0.39 is 95.4 Å². The molecule has 6 amide bonds. The number of benzene rings is 2. The van der Waals surface area contributed by atoms with Crippen LogP contribution in [0.2, 0.25) is 0 Å². The maximum Gasteiger partial charge on any atom is 0.329 e. The number of nitrogens with zero attached hydrogens (tertiary/aromatic N) is 3. The van der Waals surface area contributed by atoms with Crippen molar-refractivity contribution in [2.75, 3.05) is 32.8 Å². The van der Waals surface area contributed by atoms with E-state index in [4.69, 9.17) is 9.47 Å². The van der Waals surface area contributed by atoms with E-state index in [0.717, 1.165) is 17.7 Å². The zero-order chi connectivity index (χ0) is 41.8. The lowest BCUT2D eigenvalue weighted by Gasteiger charge is -2.39. The fourth-order valence-electron chi connectivity index (χ4n) is 8.15. The van der Waals surface area contributed by atoms with Gasteiger partial charge < -0.3 is 40.1 Å². The van der Waals surface area contributed by atoms with Crippen LogP contribution in [-0.4, -0.2) is 131 Å². The van der Waals surface area contributed by atoms with E-state index in [0.29, 0.717) is 18.1 Å². The summed E-state index contributed by atoms with van der Waals surface area (Å²) in [5.74, 6) is -6.76. The van der Waals surface area contributed by atoms with Crippen molar-refractivity contribution in [3.63, 3.8) is 0 Å². The molecule has 2 aromatic rings. The van der Waals surface area contributed by atoms with Crippen molar-refractivity contribution in [1.82, 2.24) is 30.7 Å². The van der Waals surface area contributed by atoms with Crippen LogP contribution in [0.3, 0.4) is 0 Å². The van der Waals surface area contributed by atoms with Crippen LogP contribution < -0.4 is 16.0 Å². The molecule has 0 aliphatic carbocycles. The van der Waals surface area contributed by atoms with Crippen LogP contribution >= 0.6 is 0 Å². The molecule has 17 heteroatoms. The Balaban J connectivity index is 1.34. The molecule has 0 radical (unpaired) electrons. The number of hydrogen-bond donors (Lipinski definition) is 3. The molecule has 4 aliphatic rings. The molecular weight excluding hydrogens is 758 g/mol. The zero-order valence-corrected chi connectivity index (χ0v) is 33.0. The fourth-order valence-corrected chi connectivity index (χ4v) is 8.15. The smallest absolute Gasteiger partial charge is 0.329 e. The first-order valence-corrected chi connectivity index (χ1v) is 19.7. The average molecular weight is 809 g/mol. The SMILES string of the molecule is Cc1ccc(CC(=O)N[C@@H](Cc2cc(F)cc(F)c2)C(=O)N[C@@H]2C(=O)N3CCCC3C(=O)N3CCOCC3C(=O)N[C@@H](C)C(=O)N3C[C@H](C)CC3C(=O)O[C@H]2C)cc1. The topological polar surface area (TPSA) is 184 Å². The van der Waals surface area contributed by atoms with E-state index >= 15 is 0 Å². The Hall–Kier alpha value is -5.45. The van der Waals surface area contributed by atoms with Gasteiger partial charge in [-0.05, 0) is 69.2 Å². The molecule has 0 saturated carbocycles. The van der Waals surface area contributed by atoms with Gasteiger partial charge in [0.15, 0.2) is 0 Å². The molecule has 3 unspecified atom stereocenters. The number of cyclic esters (lactones) is 1. The average Bonchev–Trinajstić information content (AvgIpc) is 3.83. The minimum Gasteiger partial charge on any atom is -0.458 e. The van der Waals surface area contributed by atoms with E-state index in [2.05, 4.69) is 16.0 Å². The van der Waals surface area contributed by atoms with Gasteiger partial charge in [0, 0.05) is 32.1 Å². The fraction of sp³-hybridized carbons (Fsp3) is 0.537. The number of rotatable bonds is 7. The van der Waals surface area contributed by atoms with Gasteiger partial charge in [0.1, 0.15) is 54.0 Å². The van der Waals surface area contributed by atoms with Crippen molar-refractivity contribution in [1.29, 1.82) is 0 Å². The molecule has 0 aromatic heterocycles. The Morgan fingerprint density at radius 3 is 2.26 bits per heavy atom. The molecule has 4 saturated heterocycles. The third-order valence-electron chi connectivity index (χ3n) is 11.2. The largest absolute Gasteiger partial charge is 0.458 e. The first-order valence-electron chi connectivity index (χ1n) is 19.7. The Kier molecular flexibility index (Phi) is 13.1. The highest BCUT2D eigenvalue weighted by Crippen LogP contribution is 2.28. The molecule has 2 aromatic carbocycles. The van der Waals surface area contributed by atoms with Gasteiger partial charge >= 0.3 is 5.97 Å². The van der Waals surface area contributed by atoms with Crippen molar-refractivity contribution in [2.45, 2.75) is 102 Å². The third kappa shape index (κ3) is 9.63. The normalized spacial score (nSPS) is 27.6.